The molecule has 0 heterocycles. The van der Waals surface area contributed by atoms with Gasteiger partial charge < -0.3 is 5.32 Å². The summed E-state index contributed by atoms with van der Waals surface area (Å²) in [5.74, 6) is -0.720. The number of aryl methyl sites for hydroxylation is 1. The van der Waals surface area contributed by atoms with Crippen LogP contribution in [0.1, 0.15) is 21.5 Å². The van der Waals surface area contributed by atoms with Gasteiger partial charge in [-0.15, -0.1) is 0 Å². The number of nitro groups is 1. The lowest BCUT2D eigenvalue weighted by Gasteiger charge is -2.10. The van der Waals surface area contributed by atoms with Gasteiger partial charge in [0.05, 0.1) is 9.82 Å². The van der Waals surface area contributed by atoms with Crippen molar-refractivity contribution in [3.8, 4) is 0 Å². The van der Waals surface area contributed by atoms with E-state index in [0.29, 0.717) is 23.1 Å². The minimum absolute atomic E-state index is 0.191. The number of amides is 1. The van der Waals surface area contributed by atoms with E-state index < -0.39 is 14.9 Å². The van der Waals surface area contributed by atoms with Crippen molar-refractivity contribution in [1.29, 1.82) is 0 Å². The van der Waals surface area contributed by atoms with E-state index in [1.807, 2.05) is 0 Å². The van der Waals surface area contributed by atoms with Gasteiger partial charge in [0.1, 0.15) is 5.82 Å². The van der Waals surface area contributed by atoms with E-state index in [1.54, 1.807) is 18.2 Å². The largest absolute Gasteiger partial charge is 0.352 e. The van der Waals surface area contributed by atoms with E-state index in [9.17, 15) is 27.7 Å². The summed E-state index contributed by atoms with van der Waals surface area (Å²) in [5.41, 5.74) is 1.03. The van der Waals surface area contributed by atoms with Gasteiger partial charge in [0.2, 0.25) is 0 Å². The van der Waals surface area contributed by atoms with Crippen molar-refractivity contribution in [2.75, 3.05) is 11.3 Å². The van der Waals surface area contributed by atoms with Crippen LogP contribution in [0.5, 0.6) is 0 Å². The number of carbonyl (C=O) groups excluding carboxylic acids is 1. The molecular weight excluding hydrogens is 437 g/mol. The predicted octanol–water partition coefficient (Wildman–Crippen LogP) is 3.82. The molecule has 8 nitrogen and oxygen atoms in total. The summed E-state index contributed by atoms with van der Waals surface area (Å²) in [6.07, 6.45) is 0.332. The highest BCUT2D eigenvalue weighted by Crippen LogP contribution is 2.24. The third kappa shape index (κ3) is 5.46. The van der Waals surface area contributed by atoms with Gasteiger partial charge in [-0.05, 0) is 55.3 Å². The van der Waals surface area contributed by atoms with Crippen LogP contribution in [0.4, 0.5) is 15.8 Å². The Morgan fingerprint density at radius 1 is 1.06 bits per heavy atom. The topological polar surface area (TPSA) is 118 Å². The van der Waals surface area contributed by atoms with E-state index in [4.69, 9.17) is 0 Å². The van der Waals surface area contributed by atoms with Gasteiger partial charge in [0.25, 0.3) is 21.6 Å². The fourth-order valence-electron chi connectivity index (χ4n) is 2.97. The average Bonchev–Trinajstić information content (AvgIpc) is 2.75. The summed E-state index contributed by atoms with van der Waals surface area (Å²) in [7, 11) is -4.06. The Balaban J connectivity index is 1.64. The fraction of sp³-hybridized carbons (Fsp3) is 0.136. The smallest absolute Gasteiger partial charge is 0.273 e. The summed E-state index contributed by atoms with van der Waals surface area (Å²) in [6.45, 7) is 1.75. The lowest BCUT2D eigenvalue weighted by atomic mass is 10.1. The molecule has 0 unspecified atom stereocenters. The molecule has 0 fully saturated rings. The third-order valence-corrected chi connectivity index (χ3v) is 6.10. The molecule has 0 atom stereocenters. The molecule has 32 heavy (non-hydrogen) atoms. The standard InChI is InChI=1S/C22H20FN3O5S/c1-15-6-11-19(14-21(15)26(28)29)32(30,31)25-18-9-7-17(8-10-18)22(27)24-13-12-16-4-2-3-5-20(16)23/h2-11,14,25H,12-13H2,1H3,(H,24,27). The average molecular weight is 457 g/mol. The first-order valence-electron chi connectivity index (χ1n) is 9.57. The maximum absolute atomic E-state index is 13.6. The molecule has 0 bridgehead atoms. The molecule has 10 heteroatoms. The Kier molecular flexibility index (Phi) is 6.84. The van der Waals surface area contributed by atoms with Gasteiger partial charge in [-0.3, -0.25) is 19.6 Å². The minimum atomic E-state index is -4.06. The molecule has 0 saturated carbocycles. The SMILES string of the molecule is Cc1ccc(S(=O)(=O)Nc2ccc(C(=O)NCCc3ccccc3F)cc2)cc1[N+](=O)[O-]. The van der Waals surface area contributed by atoms with E-state index in [-0.39, 0.29) is 34.5 Å². The third-order valence-electron chi connectivity index (χ3n) is 4.72. The molecule has 1 amide bonds. The molecule has 3 aromatic rings. The number of halogens is 1. The highest BCUT2D eigenvalue weighted by molar-refractivity contribution is 7.92. The molecule has 0 aliphatic heterocycles. The summed E-state index contributed by atoms with van der Waals surface area (Å²) >= 11 is 0. The Morgan fingerprint density at radius 3 is 2.41 bits per heavy atom. The summed E-state index contributed by atoms with van der Waals surface area (Å²) < 4.78 is 41.1. The zero-order valence-corrected chi connectivity index (χ0v) is 17.9. The number of nitrogens with one attached hydrogen (secondary N) is 2. The summed E-state index contributed by atoms with van der Waals surface area (Å²) in [5, 5.41) is 13.7. The van der Waals surface area contributed by atoms with Crippen LogP contribution in [-0.2, 0) is 16.4 Å². The number of nitrogens with zero attached hydrogens (tertiary/aromatic N) is 1. The minimum Gasteiger partial charge on any atom is -0.352 e. The molecule has 166 valence electrons. The summed E-state index contributed by atoms with van der Waals surface area (Å²) in [4.78, 5) is 22.4. The van der Waals surface area contributed by atoms with Crippen molar-refractivity contribution >= 4 is 27.3 Å². The number of nitro benzene ring substituents is 1. The highest BCUT2D eigenvalue weighted by Gasteiger charge is 2.20. The first kappa shape index (κ1) is 22.9. The van der Waals surface area contributed by atoms with Crippen LogP contribution >= 0.6 is 0 Å². The van der Waals surface area contributed by atoms with Gasteiger partial charge in [0, 0.05) is 29.4 Å². The van der Waals surface area contributed by atoms with Crippen LogP contribution in [0.2, 0.25) is 0 Å². The Bertz CT molecular complexity index is 1260. The molecule has 0 aromatic heterocycles. The quantitative estimate of drug-likeness (QED) is 0.394. The number of benzene rings is 3. The van der Waals surface area contributed by atoms with Crippen LogP contribution in [-0.4, -0.2) is 25.8 Å². The molecular formula is C22H20FN3O5S. The molecule has 0 saturated heterocycles. The van der Waals surface area contributed by atoms with Crippen molar-refractivity contribution in [1.82, 2.24) is 5.32 Å². The Labute approximate surface area is 184 Å². The first-order valence-corrected chi connectivity index (χ1v) is 11.1. The van der Waals surface area contributed by atoms with Crippen molar-refractivity contribution in [2.24, 2.45) is 0 Å². The second-order valence-electron chi connectivity index (χ2n) is 6.99. The van der Waals surface area contributed by atoms with E-state index in [2.05, 4.69) is 10.0 Å². The number of anilines is 1. The van der Waals surface area contributed by atoms with Gasteiger partial charge in [0.15, 0.2) is 0 Å². The second-order valence-corrected chi connectivity index (χ2v) is 8.67. The molecule has 3 rings (SSSR count). The van der Waals surface area contributed by atoms with Gasteiger partial charge in [-0.2, -0.15) is 0 Å². The molecule has 0 spiro atoms. The fourth-order valence-corrected chi connectivity index (χ4v) is 4.05. The Hall–Kier alpha value is -3.79. The van der Waals surface area contributed by atoms with Crippen molar-refractivity contribution in [3.05, 3.63) is 99.4 Å². The van der Waals surface area contributed by atoms with Gasteiger partial charge in [-0.1, -0.05) is 24.3 Å². The van der Waals surface area contributed by atoms with E-state index >= 15 is 0 Å². The maximum Gasteiger partial charge on any atom is 0.273 e. The molecule has 0 radical (unpaired) electrons. The van der Waals surface area contributed by atoms with Gasteiger partial charge >= 0.3 is 0 Å². The summed E-state index contributed by atoms with van der Waals surface area (Å²) in [6, 6.07) is 15.6. The van der Waals surface area contributed by atoms with Crippen LogP contribution in [0.3, 0.4) is 0 Å². The van der Waals surface area contributed by atoms with Crippen molar-refractivity contribution in [3.63, 3.8) is 0 Å². The monoisotopic (exact) mass is 457 g/mol. The molecule has 2 N–H and O–H groups in total. The molecule has 3 aromatic carbocycles. The number of carbonyl (C=O) groups is 1. The van der Waals surface area contributed by atoms with E-state index in [0.717, 1.165) is 6.07 Å². The lowest BCUT2D eigenvalue weighted by Crippen LogP contribution is -2.25. The normalized spacial score (nSPS) is 11.1. The zero-order chi connectivity index (χ0) is 23.3. The lowest BCUT2D eigenvalue weighted by molar-refractivity contribution is -0.385. The van der Waals surface area contributed by atoms with Crippen LogP contribution in [0, 0.1) is 22.9 Å². The molecule has 0 aliphatic rings. The number of hydrogen-bond acceptors (Lipinski definition) is 5. The zero-order valence-electron chi connectivity index (χ0n) is 17.0. The van der Waals surface area contributed by atoms with E-state index in [1.165, 1.54) is 49.4 Å². The van der Waals surface area contributed by atoms with Crippen LogP contribution in [0.25, 0.3) is 0 Å². The number of sulfonamides is 1. The number of rotatable bonds is 8. The Morgan fingerprint density at radius 2 is 1.75 bits per heavy atom. The highest BCUT2D eigenvalue weighted by atomic mass is 32.2. The second kappa shape index (κ2) is 9.56. The predicted molar refractivity (Wildman–Crippen MR) is 118 cm³/mol. The maximum atomic E-state index is 13.6. The molecule has 0 aliphatic carbocycles. The van der Waals surface area contributed by atoms with Crippen molar-refractivity contribution < 1.29 is 22.5 Å². The van der Waals surface area contributed by atoms with Crippen LogP contribution in [0.15, 0.2) is 71.6 Å². The van der Waals surface area contributed by atoms with Crippen LogP contribution < -0.4 is 10.0 Å². The van der Waals surface area contributed by atoms with Gasteiger partial charge in [-0.25, -0.2) is 12.8 Å². The van der Waals surface area contributed by atoms with Crippen molar-refractivity contribution in [2.45, 2.75) is 18.2 Å². The number of hydrogen-bond donors (Lipinski definition) is 2. The first-order chi connectivity index (χ1) is 15.2.